The van der Waals surface area contributed by atoms with Gasteiger partial charge in [0.25, 0.3) is 0 Å². The monoisotopic (exact) mass is 441 g/mol. The van der Waals surface area contributed by atoms with Crippen molar-refractivity contribution in [2.24, 2.45) is 0 Å². The average Bonchev–Trinajstić information content (AvgIpc) is 3.16. The number of carbonyl (C=O) groups excluding carboxylic acids is 2. The maximum Gasteiger partial charge on any atom is 0.407 e. The van der Waals surface area contributed by atoms with Gasteiger partial charge in [-0.15, -0.1) is 0 Å². The molecule has 1 N–H and O–H groups in total. The number of alkyl carbamates (subject to hydrolysis) is 1. The van der Waals surface area contributed by atoms with Gasteiger partial charge in [0.15, 0.2) is 0 Å². The lowest BCUT2D eigenvalue weighted by Crippen LogP contribution is -2.26. The van der Waals surface area contributed by atoms with Crippen LogP contribution in [0.1, 0.15) is 46.3 Å². The number of esters is 1. The fourth-order valence-corrected chi connectivity index (χ4v) is 4.11. The summed E-state index contributed by atoms with van der Waals surface area (Å²) in [4.78, 5) is 24.1. The first-order valence-electron chi connectivity index (χ1n) is 11.2. The largest absolute Gasteiger partial charge is 0.462 e. The highest BCUT2D eigenvalue weighted by molar-refractivity contribution is 5.90. The minimum atomic E-state index is -0.422. The molecule has 0 saturated carbocycles. The Hall–Kier alpha value is -3.86. The van der Waals surface area contributed by atoms with Gasteiger partial charge in [0.2, 0.25) is 0 Å². The number of benzene rings is 3. The molecule has 5 nitrogen and oxygen atoms in total. The van der Waals surface area contributed by atoms with Crippen LogP contribution in [0.5, 0.6) is 0 Å². The van der Waals surface area contributed by atoms with E-state index in [0.29, 0.717) is 31.7 Å². The van der Waals surface area contributed by atoms with Crippen molar-refractivity contribution in [3.63, 3.8) is 0 Å². The number of amides is 1. The Balaban J connectivity index is 1.25. The van der Waals surface area contributed by atoms with Crippen LogP contribution in [0, 0.1) is 0 Å². The number of ether oxygens (including phenoxy) is 2. The summed E-state index contributed by atoms with van der Waals surface area (Å²) in [5.41, 5.74) is 6.23. The van der Waals surface area contributed by atoms with E-state index in [1.54, 1.807) is 19.1 Å². The van der Waals surface area contributed by atoms with Crippen LogP contribution in [0.15, 0.2) is 78.9 Å². The number of hydrogen-bond acceptors (Lipinski definition) is 4. The normalized spacial score (nSPS) is 12.3. The molecule has 3 aromatic rings. The highest BCUT2D eigenvalue weighted by atomic mass is 16.5. The lowest BCUT2D eigenvalue weighted by atomic mass is 9.98. The molecule has 168 valence electrons. The zero-order valence-electron chi connectivity index (χ0n) is 18.6. The summed E-state index contributed by atoms with van der Waals surface area (Å²) in [6.07, 6.45) is 4.10. The Bertz CT molecular complexity index is 1120. The Labute approximate surface area is 194 Å². The van der Waals surface area contributed by atoms with Crippen molar-refractivity contribution < 1.29 is 19.1 Å². The molecule has 0 spiro atoms. The molecular weight excluding hydrogens is 414 g/mol. The first-order valence-corrected chi connectivity index (χ1v) is 11.2. The van der Waals surface area contributed by atoms with E-state index in [2.05, 4.69) is 29.6 Å². The van der Waals surface area contributed by atoms with E-state index in [-0.39, 0.29) is 11.9 Å². The van der Waals surface area contributed by atoms with Crippen molar-refractivity contribution in [3.8, 4) is 11.1 Å². The third kappa shape index (κ3) is 5.32. The fourth-order valence-electron chi connectivity index (χ4n) is 4.11. The van der Waals surface area contributed by atoms with Gasteiger partial charge in [-0.3, -0.25) is 0 Å². The summed E-state index contributed by atoms with van der Waals surface area (Å²) >= 11 is 0. The summed E-state index contributed by atoms with van der Waals surface area (Å²) in [5.74, 6) is -0.278. The van der Waals surface area contributed by atoms with E-state index >= 15 is 0 Å². The van der Waals surface area contributed by atoms with E-state index < -0.39 is 6.09 Å². The summed E-state index contributed by atoms with van der Waals surface area (Å²) in [7, 11) is 0. The van der Waals surface area contributed by atoms with Gasteiger partial charge in [-0.25, -0.2) is 9.59 Å². The van der Waals surface area contributed by atoms with Crippen molar-refractivity contribution in [3.05, 3.63) is 101 Å². The van der Waals surface area contributed by atoms with E-state index in [1.165, 1.54) is 22.3 Å². The average molecular weight is 442 g/mol. The van der Waals surface area contributed by atoms with Gasteiger partial charge in [-0.2, -0.15) is 0 Å². The quantitative estimate of drug-likeness (QED) is 0.354. The van der Waals surface area contributed by atoms with Crippen LogP contribution in [0.25, 0.3) is 17.2 Å². The molecule has 0 heterocycles. The molecule has 5 heteroatoms. The molecule has 0 fully saturated rings. The van der Waals surface area contributed by atoms with E-state index in [0.717, 1.165) is 5.56 Å². The summed E-state index contributed by atoms with van der Waals surface area (Å²) in [6, 6.07) is 23.8. The van der Waals surface area contributed by atoms with Crippen molar-refractivity contribution >= 4 is 18.1 Å². The zero-order chi connectivity index (χ0) is 23.0. The van der Waals surface area contributed by atoms with Crippen LogP contribution in [0.3, 0.4) is 0 Å². The van der Waals surface area contributed by atoms with Gasteiger partial charge < -0.3 is 14.8 Å². The molecule has 0 unspecified atom stereocenters. The summed E-state index contributed by atoms with van der Waals surface area (Å²) in [6.45, 7) is 2.90. The first kappa shape index (κ1) is 22.3. The molecule has 0 atom stereocenters. The standard InChI is InChI=1S/C28H27NO4/c1-2-32-27(30)21-12-9-11-20(18-21)10-7-8-17-29-28(31)33-19-26-24-15-5-3-13-22(24)23-14-4-6-16-25(23)26/h3-7,9-16,18,26H,2,8,17,19H2,1H3,(H,29,31). The van der Waals surface area contributed by atoms with Crippen LogP contribution in [-0.2, 0) is 9.47 Å². The maximum absolute atomic E-state index is 12.2. The minimum absolute atomic E-state index is 0.0507. The SMILES string of the molecule is CCOC(=O)c1cccc(C=CCCNC(=O)OCC2c3ccccc3-c3ccccc32)c1. The lowest BCUT2D eigenvalue weighted by molar-refractivity contribution is 0.0526. The smallest absolute Gasteiger partial charge is 0.407 e. The second-order valence-electron chi connectivity index (χ2n) is 7.79. The predicted molar refractivity (Wildman–Crippen MR) is 129 cm³/mol. The molecule has 4 rings (SSSR count). The third-order valence-electron chi connectivity index (χ3n) is 5.63. The minimum Gasteiger partial charge on any atom is -0.462 e. The van der Waals surface area contributed by atoms with Crippen molar-refractivity contribution in [1.29, 1.82) is 0 Å². The Kier molecular flexibility index (Phi) is 7.20. The number of hydrogen-bond donors (Lipinski definition) is 1. The molecule has 0 bridgehead atoms. The van der Waals surface area contributed by atoms with Gasteiger partial charge in [-0.05, 0) is 53.3 Å². The van der Waals surface area contributed by atoms with Gasteiger partial charge in [0.1, 0.15) is 6.61 Å². The number of rotatable bonds is 8. The van der Waals surface area contributed by atoms with Crippen LogP contribution < -0.4 is 5.32 Å². The summed E-state index contributed by atoms with van der Waals surface area (Å²) < 4.78 is 10.6. The van der Waals surface area contributed by atoms with Gasteiger partial charge in [-0.1, -0.05) is 72.8 Å². The number of nitrogens with one attached hydrogen (secondary N) is 1. The zero-order valence-corrected chi connectivity index (χ0v) is 18.6. The Morgan fingerprint density at radius 1 is 0.909 bits per heavy atom. The third-order valence-corrected chi connectivity index (χ3v) is 5.63. The van der Waals surface area contributed by atoms with Crippen molar-refractivity contribution in [2.45, 2.75) is 19.3 Å². The summed E-state index contributed by atoms with van der Waals surface area (Å²) in [5, 5.41) is 2.80. The van der Waals surface area contributed by atoms with Gasteiger partial charge in [0.05, 0.1) is 12.2 Å². The lowest BCUT2D eigenvalue weighted by Gasteiger charge is -2.14. The molecule has 1 aliphatic rings. The Morgan fingerprint density at radius 3 is 2.30 bits per heavy atom. The fraction of sp³-hybridized carbons (Fsp3) is 0.214. The molecule has 1 aliphatic carbocycles. The molecule has 1 amide bonds. The van der Waals surface area contributed by atoms with E-state index in [1.807, 2.05) is 48.6 Å². The van der Waals surface area contributed by atoms with Gasteiger partial charge in [0, 0.05) is 12.5 Å². The van der Waals surface area contributed by atoms with Crippen LogP contribution in [0.2, 0.25) is 0 Å². The predicted octanol–water partition coefficient (Wildman–Crippen LogP) is 5.81. The molecule has 0 aromatic heterocycles. The Morgan fingerprint density at radius 2 is 1.61 bits per heavy atom. The van der Waals surface area contributed by atoms with Crippen molar-refractivity contribution in [2.75, 3.05) is 19.8 Å². The molecule has 0 saturated heterocycles. The molecule has 33 heavy (non-hydrogen) atoms. The second-order valence-corrected chi connectivity index (χ2v) is 7.79. The van der Waals surface area contributed by atoms with E-state index in [9.17, 15) is 9.59 Å². The number of carbonyl (C=O) groups is 2. The second kappa shape index (κ2) is 10.6. The molecule has 0 radical (unpaired) electrons. The topological polar surface area (TPSA) is 64.6 Å². The molecular formula is C28H27NO4. The molecule has 0 aliphatic heterocycles. The first-order chi connectivity index (χ1) is 16.2. The maximum atomic E-state index is 12.2. The van der Waals surface area contributed by atoms with Crippen LogP contribution in [-0.4, -0.2) is 31.8 Å². The van der Waals surface area contributed by atoms with E-state index in [4.69, 9.17) is 9.47 Å². The van der Waals surface area contributed by atoms with Crippen LogP contribution in [0.4, 0.5) is 4.79 Å². The van der Waals surface area contributed by atoms with Crippen LogP contribution >= 0.6 is 0 Å². The highest BCUT2D eigenvalue weighted by Gasteiger charge is 2.28. The molecule has 3 aromatic carbocycles. The van der Waals surface area contributed by atoms with Crippen molar-refractivity contribution in [1.82, 2.24) is 5.32 Å². The number of fused-ring (bicyclic) bond motifs is 3. The van der Waals surface area contributed by atoms with Gasteiger partial charge >= 0.3 is 12.1 Å². The highest BCUT2D eigenvalue weighted by Crippen LogP contribution is 2.44.